The molecule has 1 saturated heterocycles. The van der Waals surface area contributed by atoms with Gasteiger partial charge in [-0.15, -0.1) is 0 Å². The predicted octanol–water partition coefficient (Wildman–Crippen LogP) is 5.94. The van der Waals surface area contributed by atoms with E-state index in [0.29, 0.717) is 53.2 Å². The number of aromatic carboxylic acids is 1. The summed E-state index contributed by atoms with van der Waals surface area (Å²) in [4.78, 5) is 24.8. The van der Waals surface area contributed by atoms with Gasteiger partial charge in [0.1, 0.15) is 23.4 Å². The monoisotopic (exact) mass is 558 g/mol. The van der Waals surface area contributed by atoms with Gasteiger partial charge in [0, 0.05) is 36.4 Å². The summed E-state index contributed by atoms with van der Waals surface area (Å²) in [5, 5.41) is 9.86. The van der Waals surface area contributed by atoms with E-state index >= 15 is 4.39 Å². The summed E-state index contributed by atoms with van der Waals surface area (Å²) in [5.41, 5.74) is 3.96. The first-order valence-electron chi connectivity index (χ1n) is 12.8. The summed E-state index contributed by atoms with van der Waals surface area (Å²) >= 11 is 5.83. The zero-order chi connectivity index (χ0) is 27.6. The summed E-state index contributed by atoms with van der Waals surface area (Å²) in [6, 6.07) is 18.6. The Morgan fingerprint density at radius 2 is 1.95 bits per heavy atom. The van der Waals surface area contributed by atoms with Crippen molar-refractivity contribution < 1.29 is 23.8 Å². The van der Waals surface area contributed by atoms with Crippen LogP contribution in [-0.2, 0) is 24.3 Å². The zero-order valence-electron chi connectivity index (χ0n) is 21.3. The number of imidazole rings is 1. The summed E-state index contributed by atoms with van der Waals surface area (Å²) in [6.45, 7) is 1.51. The molecule has 40 heavy (non-hydrogen) atoms. The van der Waals surface area contributed by atoms with Crippen LogP contribution >= 0.6 is 11.6 Å². The van der Waals surface area contributed by atoms with Gasteiger partial charge in [-0.05, 0) is 54.4 Å². The third kappa shape index (κ3) is 5.52. The lowest BCUT2D eigenvalue weighted by atomic mass is 10.1. The molecule has 1 atom stereocenters. The molecule has 1 aliphatic rings. The Morgan fingerprint density at radius 1 is 1.10 bits per heavy atom. The van der Waals surface area contributed by atoms with Crippen molar-refractivity contribution in [3.05, 3.63) is 106 Å². The van der Waals surface area contributed by atoms with Crippen LogP contribution in [0.25, 0.3) is 22.3 Å². The van der Waals surface area contributed by atoms with Crippen LogP contribution in [0.2, 0.25) is 5.15 Å². The van der Waals surface area contributed by atoms with Crippen LogP contribution in [0.5, 0.6) is 5.88 Å². The molecule has 6 rings (SSSR count). The van der Waals surface area contributed by atoms with Gasteiger partial charge in [-0.2, -0.15) is 0 Å². The Labute approximate surface area is 234 Å². The number of nitrogens with zero attached hydrogens (tertiary/aromatic N) is 4. The van der Waals surface area contributed by atoms with Crippen molar-refractivity contribution in [1.82, 2.24) is 19.5 Å². The molecule has 4 heterocycles. The predicted molar refractivity (Wildman–Crippen MR) is 147 cm³/mol. The highest BCUT2D eigenvalue weighted by Crippen LogP contribution is 2.27. The van der Waals surface area contributed by atoms with Gasteiger partial charge < -0.3 is 19.1 Å². The van der Waals surface area contributed by atoms with Crippen LogP contribution in [0.3, 0.4) is 0 Å². The highest BCUT2D eigenvalue weighted by molar-refractivity contribution is 6.29. The van der Waals surface area contributed by atoms with E-state index < -0.39 is 11.8 Å². The van der Waals surface area contributed by atoms with Crippen molar-refractivity contribution in [3.8, 4) is 17.1 Å². The molecule has 0 saturated carbocycles. The van der Waals surface area contributed by atoms with E-state index in [1.807, 2.05) is 16.7 Å². The van der Waals surface area contributed by atoms with Gasteiger partial charge in [0.05, 0.1) is 34.9 Å². The number of ether oxygens (including phenoxy) is 2. The van der Waals surface area contributed by atoms with Gasteiger partial charge in [0.15, 0.2) is 0 Å². The minimum Gasteiger partial charge on any atom is -0.478 e. The van der Waals surface area contributed by atoms with Crippen molar-refractivity contribution in [2.75, 3.05) is 6.61 Å². The Kier molecular flexibility index (Phi) is 7.15. The number of aromatic nitrogens is 4. The van der Waals surface area contributed by atoms with Crippen LogP contribution in [-0.4, -0.2) is 43.3 Å². The van der Waals surface area contributed by atoms with Crippen LogP contribution in [0, 0.1) is 5.82 Å². The maximum Gasteiger partial charge on any atom is 0.335 e. The molecule has 0 amide bonds. The Bertz CT molecular complexity index is 1700. The largest absolute Gasteiger partial charge is 0.478 e. The number of benzene rings is 2. The van der Waals surface area contributed by atoms with Gasteiger partial charge in [0.2, 0.25) is 5.88 Å². The second kappa shape index (κ2) is 11.0. The first-order chi connectivity index (χ1) is 19.4. The van der Waals surface area contributed by atoms with Crippen LogP contribution in [0.4, 0.5) is 4.39 Å². The van der Waals surface area contributed by atoms with E-state index in [1.54, 1.807) is 48.7 Å². The van der Waals surface area contributed by atoms with Gasteiger partial charge >= 0.3 is 5.97 Å². The number of carboxylic acid groups (broad SMARTS) is 1. The summed E-state index contributed by atoms with van der Waals surface area (Å²) in [7, 11) is 0. The maximum absolute atomic E-state index is 15.4. The van der Waals surface area contributed by atoms with Crippen LogP contribution in [0.1, 0.15) is 33.7 Å². The number of hydrogen-bond donors (Lipinski definition) is 1. The zero-order valence-corrected chi connectivity index (χ0v) is 22.0. The Hall–Kier alpha value is -4.34. The molecule has 10 heteroatoms. The van der Waals surface area contributed by atoms with Gasteiger partial charge in [-0.1, -0.05) is 29.8 Å². The van der Waals surface area contributed by atoms with Crippen molar-refractivity contribution >= 4 is 28.6 Å². The van der Waals surface area contributed by atoms with Crippen molar-refractivity contribution in [2.24, 2.45) is 0 Å². The van der Waals surface area contributed by atoms with E-state index in [0.717, 1.165) is 23.1 Å². The first kappa shape index (κ1) is 25.9. The number of pyridine rings is 2. The molecular formula is C30H24ClFN4O4. The van der Waals surface area contributed by atoms with Crippen LogP contribution in [0.15, 0.2) is 72.9 Å². The summed E-state index contributed by atoms with van der Waals surface area (Å²) in [6.07, 6.45) is 2.96. The molecule has 1 fully saturated rings. The van der Waals surface area contributed by atoms with E-state index in [1.165, 1.54) is 12.1 Å². The number of fused-ring (bicyclic) bond motifs is 1. The second-order valence-corrected chi connectivity index (χ2v) is 9.95. The summed E-state index contributed by atoms with van der Waals surface area (Å²) in [5.74, 6) is -0.338. The van der Waals surface area contributed by atoms with Gasteiger partial charge in [0.25, 0.3) is 0 Å². The fourth-order valence-electron chi connectivity index (χ4n) is 4.63. The standard InChI is InChI=1S/C30H24ClFN4O4/c31-27-9-5-19(15-33-27)17-40-29-3-1-2-24(35-29)22-7-4-18(12-23(22)32)13-28-34-25-8-6-20(30(37)38)14-26(25)36(28)16-21-10-11-39-21/h1-9,12,14-15,21H,10-11,13,16-17H2,(H,37,38)/t21-/m0/s1. The lowest BCUT2D eigenvalue weighted by molar-refractivity contribution is -0.0589. The molecule has 1 N–H and O–H groups in total. The normalized spacial score (nSPS) is 14.7. The molecular weight excluding hydrogens is 535 g/mol. The molecule has 5 aromatic rings. The van der Waals surface area contributed by atoms with E-state index in [9.17, 15) is 9.90 Å². The third-order valence-corrected chi connectivity index (χ3v) is 7.05. The third-order valence-electron chi connectivity index (χ3n) is 6.82. The van der Waals surface area contributed by atoms with Crippen molar-refractivity contribution in [3.63, 3.8) is 0 Å². The minimum atomic E-state index is -1.00. The first-order valence-corrected chi connectivity index (χ1v) is 13.1. The van der Waals surface area contributed by atoms with Crippen molar-refractivity contribution in [1.29, 1.82) is 0 Å². The SMILES string of the molecule is O=C(O)c1ccc2nc(Cc3ccc(-c4cccc(OCc5ccc(Cl)nc5)n4)c(F)c3)n(C[C@@H]3CCO3)c2c1. The molecule has 0 radical (unpaired) electrons. The van der Waals surface area contributed by atoms with E-state index in [4.69, 9.17) is 26.1 Å². The molecule has 0 unspecified atom stereocenters. The molecule has 8 nitrogen and oxygen atoms in total. The Morgan fingerprint density at radius 3 is 2.67 bits per heavy atom. The number of carboxylic acids is 1. The van der Waals surface area contributed by atoms with Crippen molar-refractivity contribution in [2.45, 2.75) is 32.1 Å². The topological polar surface area (TPSA) is 99.4 Å². The van der Waals surface area contributed by atoms with Crippen LogP contribution < -0.4 is 4.74 Å². The lowest BCUT2D eigenvalue weighted by Gasteiger charge is -2.27. The fraction of sp³-hybridized carbons (Fsp3) is 0.200. The second-order valence-electron chi connectivity index (χ2n) is 9.56. The molecule has 202 valence electrons. The maximum atomic E-state index is 15.4. The number of halogens is 2. The Balaban J connectivity index is 1.24. The molecule has 0 spiro atoms. The molecule has 2 aromatic carbocycles. The quantitative estimate of drug-likeness (QED) is 0.223. The summed E-state index contributed by atoms with van der Waals surface area (Å²) < 4.78 is 28.7. The highest BCUT2D eigenvalue weighted by atomic mass is 35.5. The number of rotatable bonds is 9. The average molecular weight is 559 g/mol. The van der Waals surface area contributed by atoms with E-state index in [2.05, 4.69) is 9.97 Å². The average Bonchev–Trinajstić information content (AvgIpc) is 3.26. The number of carbonyl (C=O) groups is 1. The van der Waals surface area contributed by atoms with E-state index in [-0.39, 0.29) is 18.3 Å². The molecule has 3 aromatic heterocycles. The molecule has 1 aliphatic heterocycles. The molecule has 0 aliphatic carbocycles. The highest BCUT2D eigenvalue weighted by Gasteiger charge is 2.23. The lowest BCUT2D eigenvalue weighted by Crippen LogP contribution is -2.31. The van der Waals surface area contributed by atoms with Gasteiger partial charge in [-0.3, -0.25) is 0 Å². The van der Waals surface area contributed by atoms with Gasteiger partial charge in [-0.25, -0.2) is 24.1 Å². The molecule has 0 bridgehead atoms. The number of hydrogen-bond acceptors (Lipinski definition) is 6. The minimum absolute atomic E-state index is 0.0419. The fourth-order valence-corrected chi connectivity index (χ4v) is 4.74. The smallest absolute Gasteiger partial charge is 0.335 e.